The van der Waals surface area contributed by atoms with Crippen LogP contribution in [0.4, 0.5) is 8.78 Å². The maximum atomic E-state index is 12.7. The van der Waals surface area contributed by atoms with Gasteiger partial charge in [-0.1, -0.05) is 6.07 Å². The number of alkyl halides is 2. The summed E-state index contributed by atoms with van der Waals surface area (Å²) < 4.78 is 33.9. The number of aliphatic hydroxyl groups is 1. The molecule has 1 aromatic carbocycles. The molecule has 0 aromatic heterocycles. The molecule has 1 atom stereocenters. The van der Waals surface area contributed by atoms with Gasteiger partial charge in [-0.3, -0.25) is 0 Å². The average molecular weight is 268 g/mol. The second-order valence-corrected chi connectivity index (χ2v) is 3.49. The molecule has 1 aromatic rings. The van der Waals surface area contributed by atoms with Crippen molar-refractivity contribution in [2.45, 2.75) is 18.8 Å². The first-order valence-electron chi connectivity index (χ1n) is 4.78. The minimum atomic E-state index is -3.61. The van der Waals surface area contributed by atoms with Crippen LogP contribution in [0.2, 0.25) is 0 Å². The van der Waals surface area contributed by atoms with Crippen LogP contribution >= 0.6 is 12.4 Å². The van der Waals surface area contributed by atoms with E-state index in [0.717, 1.165) is 0 Å². The highest BCUT2D eigenvalue weighted by Crippen LogP contribution is 2.41. The first-order valence-corrected chi connectivity index (χ1v) is 4.78. The number of ether oxygens (including phenoxy) is 2. The summed E-state index contributed by atoms with van der Waals surface area (Å²) in [5, 5.41) is 8.72. The lowest BCUT2D eigenvalue weighted by atomic mass is 10.0. The zero-order chi connectivity index (χ0) is 11.8. The largest absolute Gasteiger partial charge is 0.586 e. The molecule has 0 saturated carbocycles. The zero-order valence-corrected chi connectivity index (χ0v) is 9.55. The molecule has 0 amide bonds. The fraction of sp³-hybridized carbons (Fsp3) is 0.400. The number of nitrogens with two attached hydrogens (primary N) is 1. The van der Waals surface area contributed by atoms with Crippen molar-refractivity contribution in [3.63, 3.8) is 0 Å². The van der Waals surface area contributed by atoms with Crippen molar-refractivity contribution in [2.24, 2.45) is 5.73 Å². The Kier molecular flexibility index (Phi) is 4.13. The molecule has 1 aliphatic heterocycles. The van der Waals surface area contributed by atoms with E-state index in [2.05, 4.69) is 9.47 Å². The number of halogens is 3. The molecule has 0 unspecified atom stereocenters. The van der Waals surface area contributed by atoms with E-state index in [9.17, 15) is 8.78 Å². The summed E-state index contributed by atoms with van der Waals surface area (Å²) in [5.41, 5.74) is 6.34. The minimum Gasteiger partial charge on any atom is -0.396 e. The van der Waals surface area contributed by atoms with Gasteiger partial charge in [-0.25, -0.2) is 0 Å². The predicted octanol–water partition coefficient (Wildman–Crippen LogP) is 1.81. The molecule has 0 bridgehead atoms. The first kappa shape index (κ1) is 14.0. The monoisotopic (exact) mass is 267 g/mol. The van der Waals surface area contributed by atoms with E-state index >= 15 is 0 Å². The first-order chi connectivity index (χ1) is 7.52. The molecule has 1 aliphatic rings. The van der Waals surface area contributed by atoms with Crippen molar-refractivity contribution in [2.75, 3.05) is 6.61 Å². The van der Waals surface area contributed by atoms with E-state index in [1.165, 1.54) is 12.1 Å². The number of benzene rings is 1. The summed E-state index contributed by atoms with van der Waals surface area (Å²) in [6.45, 7) is -0.0637. The van der Waals surface area contributed by atoms with Crippen LogP contribution in [0.25, 0.3) is 0 Å². The molecule has 0 saturated heterocycles. The fourth-order valence-corrected chi connectivity index (χ4v) is 1.50. The van der Waals surface area contributed by atoms with E-state index in [1.54, 1.807) is 6.07 Å². The van der Waals surface area contributed by atoms with Crippen LogP contribution < -0.4 is 15.2 Å². The number of hydrogen-bond donors (Lipinski definition) is 2. The van der Waals surface area contributed by atoms with Crippen LogP contribution in [0.15, 0.2) is 18.2 Å². The Balaban J connectivity index is 0.00000144. The van der Waals surface area contributed by atoms with Gasteiger partial charge < -0.3 is 20.3 Å². The molecule has 0 fully saturated rings. The Morgan fingerprint density at radius 3 is 2.59 bits per heavy atom. The molecule has 0 radical (unpaired) electrons. The van der Waals surface area contributed by atoms with Crippen molar-refractivity contribution < 1.29 is 23.4 Å². The summed E-state index contributed by atoms with van der Waals surface area (Å²) in [4.78, 5) is 0. The van der Waals surface area contributed by atoms with Gasteiger partial charge in [-0.05, 0) is 24.1 Å². The fourth-order valence-electron chi connectivity index (χ4n) is 1.50. The van der Waals surface area contributed by atoms with Crippen molar-refractivity contribution in [3.05, 3.63) is 23.8 Å². The van der Waals surface area contributed by atoms with E-state index in [4.69, 9.17) is 10.8 Å². The summed E-state index contributed by atoms with van der Waals surface area (Å²) in [6, 6.07) is 3.94. The molecule has 17 heavy (non-hydrogen) atoms. The SMILES string of the molecule is Cl.N[C@@H](CCO)c1ccc2c(c1)OC(F)(F)O2. The van der Waals surface area contributed by atoms with Crippen LogP contribution in [-0.4, -0.2) is 18.0 Å². The van der Waals surface area contributed by atoms with Gasteiger partial charge in [0.05, 0.1) is 0 Å². The molecule has 96 valence electrons. The Bertz CT molecular complexity index is 403. The second kappa shape index (κ2) is 5.03. The summed E-state index contributed by atoms with van der Waals surface area (Å²) in [5.74, 6) is -0.0409. The Labute approximate surface area is 103 Å². The maximum Gasteiger partial charge on any atom is 0.586 e. The third-order valence-corrected chi connectivity index (χ3v) is 2.29. The van der Waals surface area contributed by atoms with Crippen LogP contribution in [0.1, 0.15) is 18.0 Å². The lowest BCUT2D eigenvalue weighted by Crippen LogP contribution is -2.25. The van der Waals surface area contributed by atoms with Gasteiger partial charge in [-0.15, -0.1) is 21.2 Å². The maximum absolute atomic E-state index is 12.7. The van der Waals surface area contributed by atoms with Crippen molar-refractivity contribution in [1.82, 2.24) is 0 Å². The third kappa shape index (κ3) is 2.96. The van der Waals surface area contributed by atoms with E-state index in [-0.39, 0.29) is 30.5 Å². The van der Waals surface area contributed by atoms with Gasteiger partial charge in [0.1, 0.15) is 0 Å². The molecule has 7 heteroatoms. The molecule has 0 spiro atoms. The van der Waals surface area contributed by atoms with Gasteiger partial charge in [-0.2, -0.15) is 0 Å². The highest BCUT2D eigenvalue weighted by Gasteiger charge is 2.43. The van der Waals surface area contributed by atoms with Crippen molar-refractivity contribution >= 4 is 12.4 Å². The van der Waals surface area contributed by atoms with Crippen LogP contribution in [-0.2, 0) is 0 Å². The topological polar surface area (TPSA) is 64.7 Å². The normalized spacial score (nSPS) is 17.4. The number of hydrogen-bond acceptors (Lipinski definition) is 4. The number of aliphatic hydroxyl groups excluding tert-OH is 1. The highest BCUT2D eigenvalue weighted by molar-refractivity contribution is 5.85. The Morgan fingerprint density at radius 2 is 1.94 bits per heavy atom. The van der Waals surface area contributed by atoms with Gasteiger partial charge in [0.15, 0.2) is 11.5 Å². The number of fused-ring (bicyclic) bond motifs is 1. The molecular weight excluding hydrogens is 256 g/mol. The standard InChI is InChI=1S/C10H11F2NO3.ClH/c11-10(12)15-8-2-1-6(5-9(8)16-10)7(13)3-4-14;/h1-2,5,7,14H,3-4,13H2;1H/t7-;/m0./s1. The van der Waals surface area contributed by atoms with Crippen molar-refractivity contribution in [3.8, 4) is 11.5 Å². The average Bonchev–Trinajstić information content (AvgIpc) is 2.50. The molecule has 4 nitrogen and oxygen atoms in total. The van der Waals surface area contributed by atoms with Crippen LogP contribution in [0.5, 0.6) is 11.5 Å². The summed E-state index contributed by atoms with van der Waals surface area (Å²) in [6.07, 6.45) is -3.25. The van der Waals surface area contributed by atoms with Gasteiger partial charge in [0, 0.05) is 12.6 Å². The quantitative estimate of drug-likeness (QED) is 0.877. The number of rotatable bonds is 3. The molecule has 3 N–H and O–H groups in total. The lowest BCUT2D eigenvalue weighted by Gasteiger charge is -2.10. The lowest BCUT2D eigenvalue weighted by molar-refractivity contribution is -0.286. The molecule has 2 rings (SSSR count). The van der Waals surface area contributed by atoms with Gasteiger partial charge in [0.2, 0.25) is 0 Å². The molecular formula is C10H12ClF2NO3. The summed E-state index contributed by atoms with van der Waals surface area (Å²) in [7, 11) is 0. The minimum absolute atomic E-state index is 0. The van der Waals surface area contributed by atoms with Crippen LogP contribution in [0.3, 0.4) is 0 Å². The van der Waals surface area contributed by atoms with E-state index in [0.29, 0.717) is 12.0 Å². The second-order valence-electron chi connectivity index (χ2n) is 3.49. The predicted molar refractivity (Wildman–Crippen MR) is 58.5 cm³/mol. The Morgan fingerprint density at radius 1 is 1.29 bits per heavy atom. The summed E-state index contributed by atoms with van der Waals surface area (Å²) >= 11 is 0. The highest BCUT2D eigenvalue weighted by atomic mass is 35.5. The van der Waals surface area contributed by atoms with Crippen molar-refractivity contribution in [1.29, 1.82) is 0 Å². The molecule has 0 aliphatic carbocycles. The van der Waals surface area contributed by atoms with Crippen LogP contribution in [0, 0.1) is 0 Å². The third-order valence-electron chi connectivity index (χ3n) is 2.29. The smallest absolute Gasteiger partial charge is 0.396 e. The molecule has 1 heterocycles. The van der Waals surface area contributed by atoms with E-state index < -0.39 is 12.3 Å². The van der Waals surface area contributed by atoms with Gasteiger partial charge in [0.25, 0.3) is 0 Å². The zero-order valence-electron chi connectivity index (χ0n) is 8.73. The Hall–Kier alpha value is -1.11. The van der Waals surface area contributed by atoms with E-state index in [1.807, 2.05) is 0 Å². The van der Waals surface area contributed by atoms with Gasteiger partial charge >= 0.3 is 6.29 Å².